The third-order valence-electron chi connectivity index (χ3n) is 4.74. The van der Waals surface area contributed by atoms with Crippen LogP contribution in [0, 0.1) is 0 Å². The zero-order valence-corrected chi connectivity index (χ0v) is 17.2. The lowest BCUT2D eigenvalue weighted by Gasteiger charge is -1.97. The maximum atomic E-state index is 12.1. The smallest absolute Gasteiger partial charge is 0.340 e. The molecule has 0 fully saturated rings. The molecule has 9 heteroatoms. The second kappa shape index (κ2) is 7.37. The van der Waals surface area contributed by atoms with E-state index >= 15 is 0 Å². The van der Waals surface area contributed by atoms with Gasteiger partial charge in [-0.2, -0.15) is 0 Å². The van der Waals surface area contributed by atoms with Crippen molar-refractivity contribution in [2.75, 3.05) is 14.2 Å². The summed E-state index contributed by atoms with van der Waals surface area (Å²) in [7, 11) is 2.63. The van der Waals surface area contributed by atoms with Gasteiger partial charge in [0.1, 0.15) is 15.9 Å². The summed E-state index contributed by atoms with van der Waals surface area (Å²) in [5.41, 5.74) is 3.03. The topological polar surface area (TPSA) is 105 Å². The van der Waals surface area contributed by atoms with Crippen molar-refractivity contribution in [3.63, 3.8) is 0 Å². The normalized spacial score (nSPS) is 11.2. The highest BCUT2D eigenvalue weighted by Gasteiger charge is 2.23. The van der Waals surface area contributed by atoms with Crippen molar-refractivity contribution in [3.8, 4) is 22.2 Å². The standard InChI is InChI=1S/C22H14N2O6S/c1-27-21(25)11-5-3-7-14-16(11)23-19(29-14)13-9-10-31-18(13)20-24-17-12(22(26)28-2)6-4-8-15(17)30-20/h3-10H,1-2H3. The van der Waals surface area contributed by atoms with Crippen LogP contribution in [-0.2, 0) is 9.47 Å². The highest BCUT2D eigenvalue weighted by molar-refractivity contribution is 7.14. The molecule has 0 saturated carbocycles. The Kier molecular flexibility index (Phi) is 4.52. The maximum absolute atomic E-state index is 12.1. The van der Waals surface area contributed by atoms with Crippen molar-refractivity contribution < 1.29 is 27.9 Å². The van der Waals surface area contributed by atoms with E-state index in [1.54, 1.807) is 36.4 Å². The number of thiophene rings is 1. The van der Waals surface area contributed by atoms with Gasteiger partial charge in [0.15, 0.2) is 11.2 Å². The van der Waals surface area contributed by atoms with Crippen LogP contribution in [0.5, 0.6) is 0 Å². The first-order valence-electron chi connectivity index (χ1n) is 9.14. The first kappa shape index (κ1) is 19.0. The van der Waals surface area contributed by atoms with E-state index in [0.717, 1.165) is 0 Å². The van der Waals surface area contributed by atoms with Gasteiger partial charge in [-0.05, 0) is 35.7 Å². The Bertz CT molecular complexity index is 1350. The van der Waals surface area contributed by atoms with Gasteiger partial charge in [0.25, 0.3) is 0 Å². The van der Waals surface area contributed by atoms with E-state index in [0.29, 0.717) is 55.5 Å². The van der Waals surface area contributed by atoms with Crippen molar-refractivity contribution in [1.82, 2.24) is 9.97 Å². The van der Waals surface area contributed by atoms with Crippen molar-refractivity contribution in [2.45, 2.75) is 0 Å². The van der Waals surface area contributed by atoms with Crippen LogP contribution >= 0.6 is 11.3 Å². The predicted octanol–water partition coefficient (Wildman–Crippen LogP) is 4.94. The van der Waals surface area contributed by atoms with Crippen LogP contribution in [0.1, 0.15) is 20.7 Å². The monoisotopic (exact) mass is 434 g/mol. The van der Waals surface area contributed by atoms with Crippen LogP contribution in [0.2, 0.25) is 0 Å². The summed E-state index contributed by atoms with van der Waals surface area (Å²) >= 11 is 1.39. The van der Waals surface area contributed by atoms with E-state index < -0.39 is 11.9 Å². The van der Waals surface area contributed by atoms with Crippen molar-refractivity contribution >= 4 is 45.5 Å². The molecule has 0 bridgehead atoms. The number of esters is 2. The zero-order chi connectivity index (χ0) is 21.5. The fraction of sp³-hybridized carbons (Fsp3) is 0.0909. The molecule has 3 heterocycles. The number of para-hydroxylation sites is 2. The van der Waals surface area contributed by atoms with Crippen molar-refractivity contribution in [1.29, 1.82) is 0 Å². The van der Waals surface area contributed by atoms with Crippen LogP contribution in [-0.4, -0.2) is 36.1 Å². The lowest BCUT2D eigenvalue weighted by Crippen LogP contribution is -2.01. The largest absolute Gasteiger partial charge is 0.465 e. The van der Waals surface area contributed by atoms with E-state index in [2.05, 4.69) is 9.97 Å². The predicted molar refractivity (Wildman–Crippen MR) is 113 cm³/mol. The van der Waals surface area contributed by atoms with Crippen molar-refractivity contribution in [3.05, 3.63) is 59.0 Å². The number of ether oxygens (including phenoxy) is 2. The Morgan fingerprint density at radius 2 is 1.35 bits per heavy atom. The van der Waals surface area contributed by atoms with Gasteiger partial charge in [-0.1, -0.05) is 12.1 Å². The van der Waals surface area contributed by atoms with Gasteiger partial charge in [0.2, 0.25) is 11.8 Å². The minimum atomic E-state index is -0.495. The SMILES string of the molecule is COC(=O)c1cccc2oc(-c3ccsc3-c3nc4c(C(=O)OC)cccc4o3)nc12. The fourth-order valence-corrected chi connectivity index (χ4v) is 4.11. The minimum Gasteiger partial charge on any atom is -0.465 e. The Balaban J connectivity index is 1.64. The highest BCUT2D eigenvalue weighted by atomic mass is 32.1. The van der Waals surface area contributed by atoms with E-state index in [1.807, 2.05) is 11.4 Å². The molecule has 3 aromatic heterocycles. The van der Waals surface area contributed by atoms with E-state index in [1.165, 1.54) is 25.6 Å². The first-order valence-corrected chi connectivity index (χ1v) is 10.0. The summed E-state index contributed by atoms with van der Waals surface area (Å²) in [6, 6.07) is 12.0. The number of rotatable bonds is 4. The molecule has 0 radical (unpaired) electrons. The molecule has 2 aromatic carbocycles. The summed E-state index contributed by atoms with van der Waals surface area (Å²) in [6.07, 6.45) is 0. The molecule has 0 aliphatic heterocycles. The summed E-state index contributed by atoms with van der Waals surface area (Å²) in [4.78, 5) is 33.8. The number of benzene rings is 2. The summed E-state index contributed by atoms with van der Waals surface area (Å²) in [6.45, 7) is 0. The molecular weight excluding hydrogens is 420 g/mol. The molecule has 5 rings (SSSR count). The number of carbonyl (C=O) groups is 2. The number of fused-ring (bicyclic) bond motifs is 2. The van der Waals surface area contributed by atoms with Gasteiger partial charge in [0.05, 0.1) is 30.9 Å². The second-order valence-corrected chi connectivity index (χ2v) is 7.41. The van der Waals surface area contributed by atoms with Crippen LogP contribution in [0.25, 0.3) is 44.4 Å². The molecule has 0 aliphatic carbocycles. The second-order valence-electron chi connectivity index (χ2n) is 6.49. The Morgan fingerprint density at radius 3 is 1.94 bits per heavy atom. The molecule has 5 aromatic rings. The molecule has 8 nitrogen and oxygen atoms in total. The molecule has 31 heavy (non-hydrogen) atoms. The lowest BCUT2D eigenvalue weighted by molar-refractivity contribution is 0.0594. The lowest BCUT2D eigenvalue weighted by atomic mass is 10.2. The Morgan fingerprint density at radius 1 is 0.806 bits per heavy atom. The number of hydrogen-bond acceptors (Lipinski definition) is 9. The minimum absolute atomic E-state index is 0.316. The fourth-order valence-electron chi connectivity index (χ4n) is 3.30. The van der Waals surface area contributed by atoms with Gasteiger partial charge in [0, 0.05) is 0 Å². The zero-order valence-electron chi connectivity index (χ0n) is 16.4. The number of nitrogens with zero attached hydrogens (tertiary/aromatic N) is 2. The number of oxazole rings is 2. The molecule has 0 atom stereocenters. The number of hydrogen-bond donors (Lipinski definition) is 0. The molecule has 154 valence electrons. The average molecular weight is 434 g/mol. The molecule has 0 N–H and O–H groups in total. The molecule has 0 unspecified atom stereocenters. The number of aromatic nitrogens is 2. The van der Waals surface area contributed by atoms with Crippen LogP contribution < -0.4 is 0 Å². The Labute approximate surface area is 179 Å². The van der Waals surface area contributed by atoms with E-state index in [9.17, 15) is 9.59 Å². The van der Waals surface area contributed by atoms with Crippen LogP contribution in [0.4, 0.5) is 0 Å². The van der Waals surface area contributed by atoms with Gasteiger partial charge in [-0.15, -0.1) is 11.3 Å². The average Bonchev–Trinajstić information content (AvgIpc) is 3.53. The van der Waals surface area contributed by atoms with Crippen LogP contribution in [0.3, 0.4) is 0 Å². The van der Waals surface area contributed by atoms with Gasteiger partial charge in [-0.25, -0.2) is 19.6 Å². The third kappa shape index (κ3) is 3.06. The summed E-state index contributed by atoms with van der Waals surface area (Å²) < 4.78 is 21.5. The quantitative estimate of drug-likeness (QED) is 0.366. The number of carbonyl (C=O) groups excluding carboxylic acids is 2. The van der Waals surface area contributed by atoms with Crippen molar-refractivity contribution in [2.24, 2.45) is 0 Å². The van der Waals surface area contributed by atoms with Crippen LogP contribution in [0.15, 0.2) is 56.7 Å². The van der Waals surface area contributed by atoms with E-state index in [4.69, 9.17) is 18.3 Å². The van der Waals surface area contributed by atoms with E-state index in [-0.39, 0.29) is 0 Å². The molecule has 0 saturated heterocycles. The first-order chi connectivity index (χ1) is 15.1. The Hall–Kier alpha value is -3.98. The molecule has 0 aliphatic rings. The summed E-state index contributed by atoms with van der Waals surface area (Å²) in [5.74, 6) is -0.346. The summed E-state index contributed by atoms with van der Waals surface area (Å²) in [5, 5.41) is 1.86. The van der Waals surface area contributed by atoms with Gasteiger partial charge >= 0.3 is 11.9 Å². The highest BCUT2D eigenvalue weighted by Crippen LogP contribution is 2.39. The molecule has 0 amide bonds. The molecule has 0 spiro atoms. The maximum Gasteiger partial charge on any atom is 0.340 e. The number of methoxy groups -OCH3 is 2. The molecular formula is C22H14N2O6S. The van der Waals surface area contributed by atoms with Gasteiger partial charge < -0.3 is 18.3 Å². The third-order valence-corrected chi connectivity index (χ3v) is 5.64. The van der Waals surface area contributed by atoms with Gasteiger partial charge in [-0.3, -0.25) is 0 Å².